The number of halogens is 1. The van der Waals surface area contributed by atoms with Crippen LogP contribution in [0, 0.1) is 0 Å². The van der Waals surface area contributed by atoms with Gasteiger partial charge in [-0.05, 0) is 54.9 Å². The van der Waals surface area contributed by atoms with Crippen molar-refractivity contribution in [2.45, 2.75) is 13.1 Å². The van der Waals surface area contributed by atoms with E-state index in [9.17, 15) is 9.59 Å². The van der Waals surface area contributed by atoms with Gasteiger partial charge in [-0.1, -0.05) is 48.0 Å². The Labute approximate surface area is 213 Å². The number of nitrogens with zero attached hydrogens (tertiary/aromatic N) is 2. The zero-order valence-electron chi connectivity index (χ0n) is 19.0. The molecule has 0 fully saturated rings. The lowest BCUT2D eigenvalue weighted by Crippen LogP contribution is -2.46. The lowest BCUT2D eigenvalue weighted by Gasteiger charge is -2.22. The Hall–Kier alpha value is -3.93. The van der Waals surface area contributed by atoms with Crippen LogP contribution in [0.1, 0.15) is 22.8 Å². The number of hydrogen-bond donors (Lipinski definition) is 2. The fraction of sp³-hybridized carbons (Fsp3) is 0.154. The van der Waals surface area contributed by atoms with Crippen molar-refractivity contribution in [1.29, 1.82) is 0 Å². The van der Waals surface area contributed by atoms with E-state index in [-0.39, 0.29) is 17.6 Å². The molecule has 4 rings (SSSR count). The van der Waals surface area contributed by atoms with E-state index < -0.39 is 12.1 Å². The number of thiocarbonyl (C=S) groups is 1. The van der Waals surface area contributed by atoms with Gasteiger partial charge in [0.05, 0.1) is 22.9 Å². The van der Waals surface area contributed by atoms with Gasteiger partial charge >= 0.3 is 5.97 Å². The molecule has 2 aromatic rings. The van der Waals surface area contributed by atoms with E-state index >= 15 is 0 Å². The van der Waals surface area contributed by atoms with Crippen LogP contribution in [0.25, 0.3) is 0 Å². The van der Waals surface area contributed by atoms with Gasteiger partial charge in [-0.15, -0.1) is 0 Å². The molecule has 1 atom stereocenters. The Balaban J connectivity index is 1.64. The van der Waals surface area contributed by atoms with Gasteiger partial charge in [0, 0.05) is 23.9 Å². The molecule has 9 heteroatoms. The van der Waals surface area contributed by atoms with Crippen molar-refractivity contribution < 1.29 is 14.3 Å². The number of benzene rings is 2. The second kappa shape index (κ2) is 10.6. The molecular formula is C26H21ClN4O3S. The summed E-state index contributed by atoms with van der Waals surface area (Å²) >= 11 is 11.7. The molecule has 2 N–H and O–H groups in total. The summed E-state index contributed by atoms with van der Waals surface area (Å²) in [5.41, 5.74) is 9.26. The third-order valence-corrected chi connectivity index (χ3v) is 5.61. The first-order valence-electron chi connectivity index (χ1n) is 10.8. The molecule has 0 saturated heterocycles. The summed E-state index contributed by atoms with van der Waals surface area (Å²) in [6.45, 7) is 2.02. The highest BCUT2D eigenvalue weighted by atomic mass is 35.5. The van der Waals surface area contributed by atoms with E-state index in [2.05, 4.69) is 22.1 Å². The maximum absolute atomic E-state index is 13.3. The van der Waals surface area contributed by atoms with E-state index in [0.717, 1.165) is 5.56 Å². The predicted molar refractivity (Wildman–Crippen MR) is 139 cm³/mol. The van der Waals surface area contributed by atoms with Crippen LogP contribution in [0.3, 0.4) is 0 Å². The van der Waals surface area contributed by atoms with Crippen molar-refractivity contribution >= 4 is 52.2 Å². The van der Waals surface area contributed by atoms with Crippen LogP contribution in [-0.4, -0.2) is 47.4 Å². The van der Waals surface area contributed by atoms with Gasteiger partial charge in [-0.2, -0.15) is 0 Å². The molecule has 176 valence electrons. The lowest BCUT2D eigenvalue weighted by atomic mass is 9.98. The monoisotopic (exact) mass is 504 g/mol. The second-order valence-corrected chi connectivity index (χ2v) is 8.36. The number of hydrogen-bond acceptors (Lipinski definition) is 5. The number of carbonyl (C=O) groups excluding carboxylic acids is 2. The van der Waals surface area contributed by atoms with Crippen LogP contribution in [0.4, 0.5) is 5.69 Å². The van der Waals surface area contributed by atoms with Gasteiger partial charge in [-0.3, -0.25) is 4.79 Å². The maximum atomic E-state index is 13.3. The van der Waals surface area contributed by atoms with Crippen LogP contribution in [-0.2, 0) is 9.53 Å². The fourth-order valence-electron chi connectivity index (χ4n) is 3.56. The molecule has 1 unspecified atom stereocenters. The van der Waals surface area contributed by atoms with Gasteiger partial charge in [0.2, 0.25) is 6.17 Å². The molecule has 1 aliphatic heterocycles. The third kappa shape index (κ3) is 5.43. The van der Waals surface area contributed by atoms with Crippen LogP contribution in [0.5, 0.6) is 0 Å². The van der Waals surface area contributed by atoms with Gasteiger partial charge in [0.15, 0.2) is 5.11 Å². The van der Waals surface area contributed by atoms with E-state index in [1.54, 1.807) is 44.3 Å². The number of allylic oxidation sites excluding steroid dienone is 3. The maximum Gasteiger partial charge on any atom is 0.338 e. The Morgan fingerprint density at radius 1 is 1.20 bits per heavy atom. The van der Waals surface area contributed by atoms with Gasteiger partial charge in [-0.25, -0.2) is 9.79 Å². The zero-order chi connectivity index (χ0) is 24.9. The summed E-state index contributed by atoms with van der Waals surface area (Å²) in [6, 6.07) is 16.2. The Kier molecular flexibility index (Phi) is 7.30. The molecule has 0 bridgehead atoms. The number of nitrogens with one attached hydrogen (secondary N) is 2. The topological polar surface area (TPSA) is 83.0 Å². The minimum atomic E-state index is -1.02. The molecule has 1 aliphatic carbocycles. The second-order valence-electron chi connectivity index (χ2n) is 7.55. The number of anilines is 1. The van der Waals surface area contributed by atoms with Crippen molar-refractivity contribution in [3.05, 3.63) is 99.6 Å². The van der Waals surface area contributed by atoms with Crippen molar-refractivity contribution in [1.82, 2.24) is 10.2 Å². The summed E-state index contributed by atoms with van der Waals surface area (Å²) in [5.74, 6) is -0.772. The van der Waals surface area contributed by atoms with E-state index in [1.807, 2.05) is 30.3 Å². The lowest BCUT2D eigenvalue weighted by molar-refractivity contribution is -0.129. The molecule has 0 saturated carbocycles. The highest BCUT2D eigenvalue weighted by Crippen LogP contribution is 2.28. The number of aliphatic imine (C=N–C) groups is 1. The van der Waals surface area contributed by atoms with Gasteiger partial charge in [0.1, 0.15) is 5.70 Å². The van der Waals surface area contributed by atoms with E-state index in [0.29, 0.717) is 33.3 Å². The SMILES string of the molecule is CCOC(=O)c1cccc(NC(=S)NC2N=C(c3ccccc3)C3=CC(Cl)=C=C=C3N(C)C2=O)c1. The molecule has 1 heterocycles. The van der Waals surface area contributed by atoms with Crippen LogP contribution in [0.2, 0.25) is 0 Å². The van der Waals surface area contributed by atoms with Crippen LogP contribution in [0.15, 0.2) is 93.4 Å². The first-order chi connectivity index (χ1) is 16.9. The summed E-state index contributed by atoms with van der Waals surface area (Å²) < 4.78 is 5.04. The molecule has 7 nitrogen and oxygen atoms in total. The molecule has 0 radical (unpaired) electrons. The molecule has 1 amide bonds. The zero-order valence-corrected chi connectivity index (χ0v) is 20.5. The van der Waals surface area contributed by atoms with Crippen molar-refractivity contribution in [2.24, 2.45) is 4.99 Å². The van der Waals surface area contributed by atoms with Crippen LogP contribution < -0.4 is 10.6 Å². The molecular weight excluding hydrogens is 484 g/mol. The largest absolute Gasteiger partial charge is 0.462 e. The Morgan fingerprint density at radius 2 is 1.97 bits per heavy atom. The first kappa shape index (κ1) is 24.2. The molecule has 35 heavy (non-hydrogen) atoms. The summed E-state index contributed by atoms with van der Waals surface area (Å²) in [4.78, 5) is 31.5. The Morgan fingerprint density at radius 3 is 2.71 bits per heavy atom. The van der Waals surface area contributed by atoms with Crippen molar-refractivity contribution in [2.75, 3.05) is 19.0 Å². The standard InChI is InChI=1S/C26H21ClN4O3S/c1-3-34-25(33)17-10-7-11-19(14-17)28-26(35)30-23-24(32)31(2)21-13-12-18(27)15-20(21)22(29-23)16-8-5-4-6-9-16/h4-11,14-15,23H,3H2,1-2H3,(H2,28,30,35). The number of amides is 1. The van der Waals surface area contributed by atoms with E-state index in [1.165, 1.54) is 4.90 Å². The minimum Gasteiger partial charge on any atom is -0.462 e. The van der Waals surface area contributed by atoms with Crippen LogP contribution >= 0.6 is 23.8 Å². The first-order valence-corrected chi connectivity index (χ1v) is 11.6. The fourth-order valence-corrected chi connectivity index (χ4v) is 3.95. The smallest absolute Gasteiger partial charge is 0.338 e. The number of ether oxygens (including phenoxy) is 1. The molecule has 2 aromatic carbocycles. The highest BCUT2D eigenvalue weighted by Gasteiger charge is 2.33. The quantitative estimate of drug-likeness (QED) is 0.362. The molecule has 2 aliphatic rings. The van der Waals surface area contributed by atoms with Crippen molar-refractivity contribution in [3.63, 3.8) is 0 Å². The summed E-state index contributed by atoms with van der Waals surface area (Å²) in [5, 5.41) is 6.50. The normalized spacial score (nSPS) is 16.7. The molecule has 0 aromatic heterocycles. The van der Waals surface area contributed by atoms with Gasteiger partial charge < -0.3 is 20.3 Å². The number of fused-ring (bicyclic) bond motifs is 1. The summed E-state index contributed by atoms with van der Waals surface area (Å²) in [7, 11) is 1.64. The number of carbonyl (C=O) groups is 2. The summed E-state index contributed by atoms with van der Waals surface area (Å²) in [6.07, 6.45) is 0.686. The average Bonchev–Trinajstić information content (AvgIpc) is 2.95. The number of likely N-dealkylation sites (N-methyl/N-ethyl adjacent to an activating group) is 1. The van der Waals surface area contributed by atoms with Crippen molar-refractivity contribution in [3.8, 4) is 0 Å². The number of rotatable bonds is 5. The Bertz CT molecular complexity index is 1370. The van der Waals surface area contributed by atoms with Gasteiger partial charge in [0.25, 0.3) is 5.91 Å². The molecule has 0 spiro atoms. The minimum absolute atomic E-state index is 0.161. The highest BCUT2D eigenvalue weighted by molar-refractivity contribution is 7.80. The van der Waals surface area contributed by atoms with E-state index in [4.69, 9.17) is 33.5 Å². The number of esters is 1. The third-order valence-electron chi connectivity index (χ3n) is 5.19. The predicted octanol–water partition coefficient (Wildman–Crippen LogP) is 4.14. The average molecular weight is 505 g/mol.